The highest BCUT2D eigenvalue weighted by Crippen LogP contribution is 2.21. The van der Waals surface area contributed by atoms with Crippen molar-refractivity contribution in [3.63, 3.8) is 0 Å². The minimum absolute atomic E-state index is 0.0296. The molecule has 0 radical (unpaired) electrons. The van der Waals surface area contributed by atoms with Gasteiger partial charge in [0.2, 0.25) is 5.96 Å². The largest absolute Gasteiger partial charge is 0.483 e. The lowest BCUT2D eigenvalue weighted by atomic mass is 10.2. The van der Waals surface area contributed by atoms with Crippen LogP contribution in [0.2, 0.25) is 5.02 Å². The number of carbonyl (C=O) groups is 1. The third-order valence-corrected chi connectivity index (χ3v) is 2.59. The van der Waals surface area contributed by atoms with Gasteiger partial charge < -0.3 is 21.5 Å². The summed E-state index contributed by atoms with van der Waals surface area (Å²) in [6, 6.07) is 5.13. The van der Waals surface area contributed by atoms with Crippen LogP contribution >= 0.6 is 11.6 Å². The number of aliphatic imine (C=N–C) groups is 2. The van der Waals surface area contributed by atoms with Crippen molar-refractivity contribution in [1.82, 2.24) is 5.32 Å². The number of amides is 1. The summed E-state index contributed by atoms with van der Waals surface area (Å²) in [7, 11) is 0. The van der Waals surface area contributed by atoms with E-state index in [0.29, 0.717) is 10.8 Å². The van der Waals surface area contributed by atoms with Gasteiger partial charge in [-0.05, 0) is 37.6 Å². The fourth-order valence-electron chi connectivity index (χ4n) is 1.53. The number of hydrogen-bond acceptors (Lipinski definition) is 4. The molecule has 1 rings (SSSR count). The van der Waals surface area contributed by atoms with Crippen molar-refractivity contribution in [1.29, 1.82) is 0 Å². The normalized spacial score (nSPS) is 11.2. The van der Waals surface area contributed by atoms with Crippen LogP contribution < -0.4 is 21.5 Å². The molecule has 7 nitrogen and oxygen atoms in total. The van der Waals surface area contributed by atoms with Gasteiger partial charge in [0.25, 0.3) is 5.91 Å². The van der Waals surface area contributed by atoms with Gasteiger partial charge >= 0.3 is 0 Å². The number of aryl methyl sites for hydroxylation is 1. The quantitative estimate of drug-likeness (QED) is 0.569. The van der Waals surface area contributed by atoms with E-state index < -0.39 is 0 Å². The highest BCUT2D eigenvalue weighted by molar-refractivity contribution is 6.30. The Balaban J connectivity index is 0.00000254. The molecule has 0 unspecified atom stereocenters. The van der Waals surface area contributed by atoms with E-state index in [1.165, 1.54) is 0 Å². The smallest absolute Gasteiger partial charge is 0.263 e. The lowest BCUT2D eigenvalue weighted by molar-refractivity contribution is -0.121. The summed E-state index contributed by atoms with van der Waals surface area (Å²) in [5, 5.41) is 3.12. The number of ether oxygens (including phenoxy) is 1. The number of guanidine groups is 1. The topological polar surface area (TPSA) is 115 Å². The van der Waals surface area contributed by atoms with Gasteiger partial charge in [0.1, 0.15) is 17.4 Å². The molecule has 0 aliphatic heterocycles. The lowest BCUT2D eigenvalue weighted by Crippen LogP contribution is -2.34. The van der Waals surface area contributed by atoms with Crippen LogP contribution in [0.3, 0.4) is 0 Å². The number of nitrogens with two attached hydrogens (primary N) is 2. The zero-order valence-corrected chi connectivity index (χ0v) is 15.1. The van der Waals surface area contributed by atoms with E-state index in [-0.39, 0.29) is 30.1 Å². The summed E-state index contributed by atoms with van der Waals surface area (Å²) in [5.41, 5.74) is 11.6. The number of nitrogens with zero attached hydrogens (tertiary/aromatic N) is 2. The van der Waals surface area contributed by atoms with E-state index in [0.717, 1.165) is 5.56 Å². The van der Waals surface area contributed by atoms with Crippen LogP contribution in [0.5, 0.6) is 5.75 Å². The molecular weight excluding hydrogens is 330 g/mol. The third-order valence-electron chi connectivity index (χ3n) is 2.36. The number of benzene rings is 1. The van der Waals surface area contributed by atoms with Crippen molar-refractivity contribution >= 4 is 29.3 Å². The first-order chi connectivity index (χ1) is 11.3. The van der Waals surface area contributed by atoms with Crippen molar-refractivity contribution < 1.29 is 9.53 Å². The maximum Gasteiger partial charge on any atom is 0.263 e. The number of amidine groups is 1. The zero-order valence-electron chi connectivity index (χ0n) is 14.4. The molecule has 1 aromatic rings. The highest BCUT2D eigenvalue weighted by atomic mass is 35.5. The fraction of sp³-hybridized carbons (Fsp3) is 0.312. The average molecular weight is 354 g/mol. The molecule has 0 bridgehead atoms. The van der Waals surface area contributed by atoms with E-state index in [4.69, 9.17) is 27.8 Å². The van der Waals surface area contributed by atoms with Gasteiger partial charge in [-0.15, -0.1) is 0 Å². The molecule has 8 heteroatoms. The molecule has 0 heterocycles. The van der Waals surface area contributed by atoms with Crippen LogP contribution in [0.1, 0.15) is 26.3 Å². The number of hydrogen-bond donors (Lipinski definition) is 3. The first kappa shape index (κ1) is 21.5. The van der Waals surface area contributed by atoms with Crippen LogP contribution in [0.4, 0.5) is 0 Å². The molecule has 1 aromatic carbocycles. The van der Waals surface area contributed by atoms with Gasteiger partial charge in [-0.3, -0.25) is 4.79 Å². The maximum absolute atomic E-state index is 11.7. The molecule has 0 aromatic heterocycles. The number of carbonyl (C=O) groups excluding carboxylic acids is 1. The minimum atomic E-state index is -0.380. The van der Waals surface area contributed by atoms with E-state index in [1.54, 1.807) is 25.1 Å². The summed E-state index contributed by atoms with van der Waals surface area (Å²) in [6.07, 6.45) is 0. The first-order valence-electron chi connectivity index (χ1n) is 7.30. The summed E-state index contributed by atoms with van der Waals surface area (Å²) in [5.74, 6) is 0.398. The Morgan fingerprint density at radius 1 is 1.33 bits per heavy atom. The monoisotopic (exact) mass is 353 g/mol. The number of halogens is 1. The lowest BCUT2D eigenvalue weighted by Gasteiger charge is -2.09. The van der Waals surface area contributed by atoms with Crippen molar-refractivity contribution in [3.8, 4) is 5.75 Å². The Labute approximate surface area is 147 Å². The summed E-state index contributed by atoms with van der Waals surface area (Å²) in [4.78, 5) is 19.2. The van der Waals surface area contributed by atoms with Crippen molar-refractivity contribution in [2.75, 3.05) is 6.61 Å². The molecular formula is C16H24ClN5O2. The number of rotatable bonds is 4. The van der Waals surface area contributed by atoms with Gasteiger partial charge in [-0.25, -0.2) is 4.99 Å². The molecule has 5 N–H and O–H groups in total. The Hall–Kier alpha value is -2.54. The maximum atomic E-state index is 11.7. The molecule has 132 valence electrons. The standard InChI is InChI=1S/C14H18ClN5O2.C2H6/c1-8-6-11(15)4-5-12(8)22-7-13(21)19-10(3)20-14(17)18-9(2)16;1-2/h4-6H,2,7,16H2,1,3H3,(H3,17,18,19,20,21);1-2H3. The molecule has 0 aliphatic carbocycles. The summed E-state index contributed by atoms with van der Waals surface area (Å²) < 4.78 is 5.40. The van der Waals surface area contributed by atoms with E-state index in [9.17, 15) is 4.79 Å². The Morgan fingerprint density at radius 3 is 2.50 bits per heavy atom. The van der Waals surface area contributed by atoms with Gasteiger partial charge in [0.15, 0.2) is 6.61 Å². The van der Waals surface area contributed by atoms with Gasteiger partial charge in [0, 0.05) is 5.02 Å². The Kier molecular flexibility index (Phi) is 9.90. The zero-order chi connectivity index (χ0) is 18.7. The third kappa shape index (κ3) is 8.79. The minimum Gasteiger partial charge on any atom is -0.483 e. The molecule has 0 aliphatic rings. The second kappa shape index (κ2) is 11.1. The van der Waals surface area contributed by atoms with Crippen LogP contribution in [0.25, 0.3) is 0 Å². The van der Waals surface area contributed by atoms with E-state index in [1.807, 2.05) is 20.8 Å². The second-order valence-corrected chi connectivity index (χ2v) is 4.84. The molecule has 24 heavy (non-hydrogen) atoms. The van der Waals surface area contributed by atoms with Crippen molar-refractivity contribution in [2.45, 2.75) is 27.7 Å². The van der Waals surface area contributed by atoms with Crippen molar-refractivity contribution in [2.24, 2.45) is 21.5 Å². The first-order valence-corrected chi connectivity index (χ1v) is 7.68. The molecule has 0 saturated carbocycles. The van der Waals surface area contributed by atoms with Gasteiger partial charge in [-0.2, -0.15) is 4.99 Å². The average Bonchev–Trinajstić information content (AvgIpc) is 2.47. The molecule has 0 atom stereocenters. The molecule has 1 amide bonds. The Morgan fingerprint density at radius 2 is 1.96 bits per heavy atom. The van der Waals surface area contributed by atoms with Crippen LogP contribution in [0.15, 0.2) is 40.6 Å². The van der Waals surface area contributed by atoms with Crippen LogP contribution in [0, 0.1) is 6.92 Å². The predicted molar refractivity (Wildman–Crippen MR) is 99.2 cm³/mol. The van der Waals surface area contributed by atoms with E-state index in [2.05, 4.69) is 21.9 Å². The van der Waals surface area contributed by atoms with Gasteiger partial charge in [-0.1, -0.05) is 32.0 Å². The van der Waals surface area contributed by atoms with Gasteiger partial charge in [0.05, 0.1) is 0 Å². The summed E-state index contributed by atoms with van der Waals surface area (Å²) >= 11 is 5.84. The Bertz CT molecular complexity index is 641. The number of nitrogens with one attached hydrogen (secondary N) is 1. The van der Waals surface area contributed by atoms with Crippen LogP contribution in [-0.2, 0) is 4.79 Å². The predicted octanol–water partition coefficient (Wildman–Crippen LogP) is 2.33. The second-order valence-electron chi connectivity index (χ2n) is 4.41. The molecule has 0 fully saturated rings. The highest BCUT2D eigenvalue weighted by Gasteiger charge is 2.06. The molecule has 0 spiro atoms. The molecule has 0 saturated heterocycles. The van der Waals surface area contributed by atoms with E-state index >= 15 is 0 Å². The van der Waals surface area contributed by atoms with Crippen molar-refractivity contribution in [3.05, 3.63) is 41.2 Å². The fourth-order valence-corrected chi connectivity index (χ4v) is 1.75. The van der Waals surface area contributed by atoms with Crippen LogP contribution in [-0.4, -0.2) is 24.3 Å². The SMILES string of the molecule is C=C(N)/N=C(N)\N=C(/C)NC(=O)COc1ccc(Cl)cc1C.CC. The summed E-state index contributed by atoms with van der Waals surface area (Å²) in [6.45, 7) is 10.6.